The zero-order valence-corrected chi connectivity index (χ0v) is 21.5. The van der Waals surface area contributed by atoms with Crippen molar-refractivity contribution in [2.24, 2.45) is 52.3 Å². The van der Waals surface area contributed by atoms with E-state index in [-0.39, 0.29) is 17.1 Å². The molecule has 4 aliphatic carbocycles. The van der Waals surface area contributed by atoms with Crippen LogP contribution in [0, 0.1) is 52.3 Å². The Balaban J connectivity index is 1.28. The van der Waals surface area contributed by atoms with Crippen LogP contribution in [0.2, 0.25) is 0 Å². The Labute approximate surface area is 196 Å². The fourth-order valence-electron chi connectivity index (χ4n) is 10.0. The Kier molecular flexibility index (Phi) is 4.91. The number of carbonyl (C=O) groups is 1. The highest BCUT2D eigenvalue weighted by Gasteiger charge is 2.69. The van der Waals surface area contributed by atoms with Crippen molar-refractivity contribution in [2.45, 2.75) is 102 Å². The van der Waals surface area contributed by atoms with E-state index in [1.165, 1.54) is 32.1 Å². The normalized spacial score (nSPS) is 60.9. The second kappa shape index (κ2) is 7.04. The Bertz CT molecular complexity index is 760. The number of alkyl halides is 1. The van der Waals surface area contributed by atoms with Crippen molar-refractivity contribution in [3.8, 4) is 0 Å². The molecule has 31 heavy (non-hydrogen) atoms. The summed E-state index contributed by atoms with van der Waals surface area (Å²) >= 11 is 3.84. The van der Waals surface area contributed by atoms with Gasteiger partial charge in [0.05, 0.1) is 12.7 Å². The van der Waals surface area contributed by atoms with Crippen LogP contribution < -0.4 is 0 Å². The minimum atomic E-state index is -0.333. The number of ether oxygens (including phenoxy) is 2. The quantitative estimate of drug-likeness (QED) is 0.368. The van der Waals surface area contributed by atoms with E-state index in [4.69, 9.17) is 9.47 Å². The van der Waals surface area contributed by atoms with Gasteiger partial charge >= 0.3 is 0 Å². The van der Waals surface area contributed by atoms with E-state index in [9.17, 15) is 4.79 Å². The van der Waals surface area contributed by atoms with Crippen LogP contribution in [-0.2, 0) is 14.3 Å². The van der Waals surface area contributed by atoms with Gasteiger partial charge in [-0.1, -0.05) is 43.6 Å². The number of Topliss-reactive ketones (excluding diaryl/α,β-unsaturated/α-hetero) is 1. The molecular formula is C27H41BrO3. The lowest BCUT2D eigenvalue weighted by molar-refractivity contribution is -0.273. The van der Waals surface area contributed by atoms with Crippen LogP contribution in [0.3, 0.4) is 0 Å². The highest BCUT2D eigenvalue weighted by molar-refractivity contribution is 9.09. The van der Waals surface area contributed by atoms with Gasteiger partial charge in [0, 0.05) is 29.5 Å². The predicted octanol–water partition coefficient (Wildman–Crippen LogP) is 6.38. The third-order valence-electron chi connectivity index (χ3n) is 11.7. The predicted molar refractivity (Wildman–Crippen MR) is 125 cm³/mol. The first-order chi connectivity index (χ1) is 14.7. The smallest absolute Gasteiger partial charge is 0.171 e. The maximum atomic E-state index is 13.4. The molecule has 2 saturated heterocycles. The van der Waals surface area contributed by atoms with Gasteiger partial charge in [0.2, 0.25) is 0 Å². The van der Waals surface area contributed by atoms with Crippen molar-refractivity contribution in [1.82, 2.24) is 0 Å². The number of hydrogen-bond donors (Lipinski definition) is 0. The number of ketones is 1. The third kappa shape index (κ3) is 2.86. The Hall–Kier alpha value is 0.0700. The van der Waals surface area contributed by atoms with Gasteiger partial charge in [-0.3, -0.25) is 4.79 Å². The van der Waals surface area contributed by atoms with Gasteiger partial charge in [-0.2, -0.15) is 0 Å². The first-order valence-electron chi connectivity index (χ1n) is 13.2. The molecule has 0 N–H and O–H groups in total. The molecule has 2 aliphatic heterocycles. The molecular weight excluding hydrogens is 452 g/mol. The summed E-state index contributed by atoms with van der Waals surface area (Å²) in [6.45, 7) is 10.6. The molecule has 0 unspecified atom stereocenters. The van der Waals surface area contributed by atoms with E-state index in [0.29, 0.717) is 51.7 Å². The van der Waals surface area contributed by atoms with Gasteiger partial charge in [0.25, 0.3) is 0 Å². The Morgan fingerprint density at radius 1 is 0.968 bits per heavy atom. The minimum absolute atomic E-state index is 0.222. The lowest BCUT2D eigenvalue weighted by Gasteiger charge is -2.60. The molecule has 0 aromatic rings. The van der Waals surface area contributed by atoms with Crippen molar-refractivity contribution in [3.05, 3.63) is 0 Å². The largest absolute Gasteiger partial charge is 0.349 e. The van der Waals surface area contributed by atoms with Gasteiger partial charge in [-0.15, -0.1) is 0 Å². The molecule has 0 bridgehead atoms. The van der Waals surface area contributed by atoms with Gasteiger partial charge in [-0.25, -0.2) is 0 Å². The van der Waals surface area contributed by atoms with Crippen molar-refractivity contribution >= 4 is 21.7 Å². The molecule has 2 heterocycles. The fraction of sp³-hybridized carbons (Fsp3) is 0.963. The summed E-state index contributed by atoms with van der Waals surface area (Å²) in [4.78, 5) is 14.0. The average Bonchev–Trinajstić information content (AvgIpc) is 3.17. The summed E-state index contributed by atoms with van der Waals surface area (Å²) in [5.74, 6) is 4.17. The number of fused-ring (bicyclic) bond motifs is 7. The average molecular weight is 494 g/mol. The van der Waals surface area contributed by atoms with Crippen LogP contribution in [0.1, 0.15) is 85.5 Å². The number of hydrogen-bond acceptors (Lipinski definition) is 3. The van der Waals surface area contributed by atoms with Crippen LogP contribution >= 0.6 is 15.9 Å². The molecule has 1 spiro atoms. The first kappa shape index (κ1) is 21.6. The van der Waals surface area contributed by atoms with Crippen LogP contribution in [0.4, 0.5) is 0 Å². The Morgan fingerprint density at radius 2 is 1.74 bits per heavy atom. The van der Waals surface area contributed by atoms with Gasteiger partial charge in [0.1, 0.15) is 5.78 Å². The van der Waals surface area contributed by atoms with Crippen LogP contribution in [-0.4, -0.2) is 29.1 Å². The fourth-order valence-corrected chi connectivity index (χ4v) is 10.6. The van der Waals surface area contributed by atoms with E-state index < -0.39 is 0 Å². The monoisotopic (exact) mass is 492 g/mol. The molecule has 12 atom stereocenters. The first-order valence-corrected chi connectivity index (χ1v) is 14.1. The second-order valence-corrected chi connectivity index (χ2v) is 14.3. The molecule has 4 saturated carbocycles. The molecule has 0 radical (unpaired) electrons. The van der Waals surface area contributed by atoms with E-state index in [0.717, 1.165) is 38.2 Å². The lowest BCUT2D eigenvalue weighted by atomic mass is 9.44. The summed E-state index contributed by atoms with van der Waals surface area (Å²) in [5.41, 5.74) is 0.525. The van der Waals surface area contributed by atoms with Gasteiger partial charge < -0.3 is 9.47 Å². The standard InChI is InChI=1S/C27H41BrO3/c1-15-5-10-27(30-14-15)16(2)24-23(31-27)13-20-18-12-22(29)21-11-17(28)6-8-25(21,3)19(18)7-9-26(20,24)4/h15-21,23-24H,5-14H2,1-4H3/t15-,16-,17-,18+,19-,20-,21+,23-,24-,25+,26-,27+/m0/s1. The molecule has 174 valence electrons. The summed E-state index contributed by atoms with van der Waals surface area (Å²) < 4.78 is 13.3. The van der Waals surface area contributed by atoms with Crippen LogP contribution in [0.15, 0.2) is 0 Å². The number of rotatable bonds is 0. The van der Waals surface area contributed by atoms with Crippen LogP contribution in [0.25, 0.3) is 0 Å². The molecule has 4 heteroatoms. The number of carbonyl (C=O) groups excluding carboxylic acids is 1. The van der Waals surface area contributed by atoms with Crippen molar-refractivity contribution in [2.75, 3.05) is 6.61 Å². The molecule has 6 fully saturated rings. The van der Waals surface area contributed by atoms with Crippen molar-refractivity contribution in [1.29, 1.82) is 0 Å². The third-order valence-corrected chi connectivity index (χ3v) is 12.5. The molecule has 0 amide bonds. The molecule has 6 aliphatic rings. The van der Waals surface area contributed by atoms with Crippen LogP contribution in [0.5, 0.6) is 0 Å². The summed E-state index contributed by atoms with van der Waals surface area (Å²) in [7, 11) is 0. The molecule has 3 nitrogen and oxygen atoms in total. The van der Waals surface area contributed by atoms with Crippen molar-refractivity contribution in [3.63, 3.8) is 0 Å². The second-order valence-electron chi connectivity index (χ2n) is 13.0. The summed E-state index contributed by atoms with van der Waals surface area (Å²) in [6.07, 6.45) is 10.7. The maximum Gasteiger partial charge on any atom is 0.171 e. The molecule has 0 aromatic carbocycles. The van der Waals surface area contributed by atoms with Crippen molar-refractivity contribution < 1.29 is 14.3 Å². The van der Waals surface area contributed by atoms with E-state index in [2.05, 4.69) is 43.6 Å². The van der Waals surface area contributed by atoms with E-state index in [1.807, 2.05) is 0 Å². The SMILES string of the molecule is C[C@H]1CC[C@@]2(OC1)O[C@H]1C[C@H]3[C@@H]4CC(=O)[C@H]5C[C@@H](Br)CC[C@]5(C)[C@H]4CC[C@]3(C)[C@H]1[C@@H]2C. The summed E-state index contributed by atoms with van der Waals surface area (Å²) in [6, 6.07) is 0. The number of halogens is 1. The van der Waals surface area contributed by atoms with E-state index in [1.54, 1.807) is 0 Å². The highest BCUT2D eigenvalue weighted by atomic mass is 79.9. The van der Waals surface area contributed by atoms with Gasteiger partial charge in [-0.05, 0) is 85.4 Å². The Morgan fingerprint density at radius 3 is 2.48 bits per heavy atom. The van der Waals surface area contributed by atoms with E-state index >= 15 is 0 Å². The lowest BCUT2D eigenvalue weighted by Crippen LogP contribution is -2.57. The summed E-state index contributed by atoms with van der Waals surface area (Å²) in [5, 5.41) is 0. The topological polar surface area (TPSA) is 35.5 Å². The molecule has 6 rings (SSSR count). The molecule has 0 aromatic heterocycles. The zero-order chi connectivity index (χ0) is 21.8. The zero-order valence-electron chi connectivity index (χ0n) is 19.9. The maximum absolute atomic E-state index is 13.4. The highest BCUT2D eigenvalue weighted by Crippen LogP contribution is 2.71. The minimum Gasteiger partial charge on any atom is -0.349 e. The van der Waals surface area contributed by atoms with Gasteiger partial charge in [0.15, 0.2) is 5.79 Å².